The van der Waals surface area contributed by atoms with Crippen molar-refractivity contribution in [1.29, 1.82) is 0 Å². The molecule has 0 aliphatic heterocycles. The highest BCUT2D eigenvalue weighted by Crippen LogP contribution is 2.23. The third-order valence-electron chi connectivity index (χ3n) is 2.55. The number of nitrogens with two attached hydrogens (primary N) is 1. The molecule has 1 nitrogen and oxygen atoms in total. The van der Waals surface area contributed by atoms with E-state index in [1.807, 2.05) is 0 Å². The van der Waals surface area contributed by atoms with Crippen LogP contribution in [0.4, 0.5) is 0 Å². The molecule has 1 atom stereocenters. The van der Waals surface area contributed by atoms with Gasteiger partial charge in [-0.15, -0.1) is 12.4 Å². The van der Waals surface area contributed by atoms with Gasteiger partial charge in [-0.2, -0.15) is 0 Å². The lowest BCUT2D eigenvalue weighted by Gasteiger charge is -2.16. The smallest absolute Gasteiger partial charge is 0.0297 e. The van der Waals surface area contributed by atoms with Gasteiger partial charge in [-0.1, -0.05) is 24.6 Å². The summed E-state index contributed by atoms with van der Waals surface area (Å²) < 4.78 is 0. The van der Waals surface area contributed by atoms with E-state index in [0.29, 0.717) is 0 Å². The van der Waals surface area contributed by atoms with Gasteiger partial charge >= 0.3 is 0 Å². The Balaban J connectivity index is 0.00000169. The van der Waals surface area contributed by atoms with Gasteiger partial charge in [0, 0.05) is 6.04 Å². The van der Waals surface area contributed by atoms with Gasteiger partial charge < -0.3 is 5.73 Å². The molecule has 0 aromatic heterocycles. The molecule has 0 aliphatic carbocycles. The van der Waals surface area contributed by atoms with E-state index in [9.17, 15) is 0 Å². The minimum absolute atomic E-state index is 0. The molecule has 2 heteroatoms. The number of aryl methyl sites for hydroxylation is 3. The summed E-state index contributed by atoms with van der Waals surface area (Å²) in [4.78, 5) is 0. The van der Waals surface area contributed by atoms with E-state index in [1.165, 1.54) is 22.3 Å². The topological polar surface area (TPSA) is 26.0 Å². The van der Waals surface area contributed by atoms with Crippen LogP contribution in [0, 0.1) is 20.8 Å². The quantitative estimate of drug-likeness (QED) is 0.800. The van der Waals surface area contributed by atoms with Gasteiger partial charge in [0.1, 0.15) is 0 Å². The molecule has 1 rings (SSSR count). The van der Waals surface area contributed by atoms with Crippen LogP contribution in [0.5, 0.6) is 0 Å². The van der Waals surface area contributed by atoms with Crippen LogP contribution in [0.3, 0.4) is 0 Å². The van der Waals surface area contributed by atoms with E-state index in [0.717, 1.165) is 6.42 Å². The van der Waals surface area contributed by atoms with E-state index in [1.54, 1.807) is 0 Å². The highest BCUT2D eigenvalue weighted by atomic mass is 35.5. The minimum Gasteiger partial charge on any atom is -0.324 e. The Labute approximate surface area is 93.1 Å². The lowest BCUT2D eigenvalue weighted by Crippen LogP contribution is -2.12. The average molecular weight is 214 g/mol. The van der Waals surface area contributed by atoms with Crippen molar-refractivity contribution in [2.75, 3.05) is 0 Å². The molecule has 0 aliphatic rings. The fraction of sp³-hybridized carbons (Fsp3) is 0.500. The van der Waals surface area contributed by atoms with Crippen molar-refractivity contribution >= 4 is 12.4 Å². The van der Waals surface area contributed by atoms with Gasteiger partial charge in [-0.05, 0) is 43.9 Å². The summed E-state index contributed by atoms with van der Waals surface area (Å²) in [7, 11) is 0. The lowest BCUT2D eigenvalue weighted by molar-refractivity contribution is 0.688. The van der Waals surface area contributed by atoms with E-state index in [2.05, 4.69) is 39.8 Å². The second kappa shape index (κ2) is 5.38. The zero-order valence-electron chi connectivity index (χ0n) is 9.42. The fourth-order valence-corrected chi connectivity index (χ4v) is 1.98. The van der Waals surface area contributed by atoms with Gasteiger partial charge in [0.25, 0.3) is 0 Å². The zero-order chi connectivity index (χ0) is 10.0. The maximum atomic E-state index is 6.05. The normalized spacial score (nSPS) is 12.1. The Bertz CT molecular complexity index is 284. The monoisotopic (exact) mass is 213 g/mol. The summed E-state index contributed by atoms with van der Waals surface area (Å²) in [6, 6.07) is 4.61. The van der Waals surface area contributed by atoms with Crippen molar-refractivity contribution in [2.45, 2.75) is 40.2 Å². The molecule has 0 heterocycles. The first-order valence-electron chi connectivity index (χ1n) is 4.89. The Morgan fingerprint density at radius 3 is 1.93 bits per heavy atom. The van der Waals surface area contributed by atoms with Gasteiger partial charge in [0.05, 0.1) is 0 Å². The Morgan fingerprint density at radius 2 is 1.57 bits per heavy atom. The van der Waals surface area contributed by atoms with E-state index in [-0.39, 0.29) is 18.4 Å². The first-order chi connectivity index (χ1) is 6.06. The Morgan fingerprint density at radius 1 is 1.14 bits per heavy atom. The molecule has 80 valence electrons. The van der Waals surface area contributed by atoms with Crippen molar-refractivity contribution in [2.24, 2.45) is 5.73 Å². The Hall–Kier alpha value is -0.530. The molecule has 0 bridgehead atoms. The standard InChI is InChI=1S/C12H19N.ClH/c1-5-11(13)12-9(3)6-8(2)7-10(12)4;/h6-7,11H,5,13H2,1-4H3;1H/t11-;/m1./s1. The average Bonchev–Trinajstić information content (AvgIpc) is 2.02. The summed E-state index contributed by atoms with van der Waals surface area (Å²) in [5.74, 6) is 0. The van der Waals surface area contributed by atoms with Crippen LogP contribution in [0.15, 0.2) is 12.1 Å². The third-order valence-corrected chi connectivity index (χ3v) is 2.55. The van der Waals surface area contributed by atoms with Crippen molar-refractivity contribution in [3.63, 3.8) is 0 Å². The van der Waals surface area contributed by atoms with Crippen LogP contribution < -0.4 is 5.73 Å². The van der Waals surface area contributed by atoms with Crippen LogP contribution in [0.25, 0.3) is 0 Å². The molecule has 0 spiro atoms. The van der Waals surface area contributed by atoms with Gasteiger partial charge in [0.15, 0.2) is 0 Å². The maximum Gasteiger partial charge on any atom is 0.0297 e. The van der Waals surface area contributed by atoms with Crippen LogP contribution in [0.1, 0.15) is 41.6 Å². The SMILES string of the molecule is CC[C@@H](N)c1c(C)cc(C)cc1C.Cl. The first-order valence-corrected chi connectivity index (χ1v) is 4.89. The van der Waals surface area contributed by atoms with E-state index >= 15 is 0 Å². The zero-order valence-corrected chi connectivity index (χ0v) is 10.2. The third kappa shape index (κ3) is 2.73. The molecule has 0 fully saturated rings. The molecule has 14 heavy (non-hydrogen) atoms. The van der Waals surface area contributed by atoms with Gasteiger partial charge in [-0.25, -0.2) is 0 Å². The molecule has 1 aromatic rings. The van der Waals surface area contributed by atoms with E-state index in [4.69, 9.17) is 5.73 Å². The summed E-state index contributed by atoms with van der Waals surface area (Å²) in [6.07, 6.45) is 1.00. The number of benzene rings is 1. The number of hydrogen-bond donors (Lipinski definition) is 1. The second-order valence-electron chi connectivity index (χ2n) is 3.83. The highest BCUT2D eigenvalue weighted by Gasteiger charge is 2.09. The van der Waals surface area contributed by atoms with Crippen molar-refractivity contribution < 1.29 is 0 Å². The van der Waals surface area contributed by atoms with Crippen LogP contribution in [0.2, 0.25) is 0 Å². The van der Waals surface area contributed by atoms with Crippen LogP contribution in [-0.4, -0.2) is 0 Å². The van der Waals surface area contributed by atoms with Crippen LogP contribution in [-0.2, 0) is 0 Å². The summed E-state index contributed by atoms with van der Waals surface area (Å²) in [6.45, 7) is 8.54. The second-order valence-corrected chi connectivity index (χ2v) is 3.83. The molecule has 2 N–H and O–H groups in total. The molecule has 0 saturated heterocycles. The maximum absolute atomic E-state index is 6.05. The summed E-state index contributed by atoms with van der Waals surface area (Å²) >= 11 is 0. The molecular formula is C12H20ClN. The van der Waals surface area contributed by atoms with Crippen molar-refractivity contribution in [3.05, 3.63) is 34.4 Å². The fourth-order valence-electron chi connectivity index (χ4n) is 1.98. The van der Waals surface area contributed by atoms with Gasteiger partial charge in [-0.3, -0.25) is 0 Å². The molecule has 1 aromatic carbocycles. The van der Waals surface area contributed by atoms with Crippen LogP contribution >= 0.6 is 12.4 Å². The number of halogens is 1. The van der Waals surface area contributed by atoms with E-state index < -0.39 is 0 Å². The highest BCUT2D eigenvalue weighted by molar-refractivity contribution is 5.85. The van der Waals surface area contributed by atoms with Crippen molar-refractivity contribution in [1.82, 2.24) is 0 Å². The predicted molar refractivity (Wildman–Crippen MR) is 65.1 cm³/mol. The number of hydrogen-bond acceptors (Lipinski definition) is 1. The lowest BCUT2D eigenvalue weighted by atomic mass is 9.93. The van der Waals surface area contributed by atoms with Crippen molar-refractivity contribution in [3.8, 4) is 0 Å². The molecule has 0 unspecified atom stereocenters. The first kappa shape index (κ1) is 13.5. The number of rotatable bonds is 2. The van der Waals surface area contributed by atoms with Gasteiger partial charge in [0.2, 0.25) is 0 Å². The molecule has 0 amide bonds. The summed E-state index contributed by atoms with van der Waals surface area (Å²) in [5, 5.41) is 0. The largest absolute Gasteiger partial charge is 0.324 e. The molecular weight excluding hydrogens is 194 g/mol. The molecule has 0 radical (unpaired) electrons. The predicted octanol–water partition coefficient (Wildman–Crippen LogP) is 3.44. The summed E-state index contributed by atoms with van der Waals surface area (Å²) in [5.41, 5.74) is 11.3. The minimum atomic E-state index is 0. The Kier molecular flexibility index (Phi) is 5.17. The molecule has 0 saturated carbocycles.